The minimum Gasteiger partial charge on any atom is -0.464 e. The highest BCUT2D eigenvalue weighted by Crippen LogP contribution is 2.37. The minimum atomic E-state index is -3.82. The molecule has 0 N–H and O–H groups in total. The Labute approximate surface area is 157 Å². The number of carbonyl (C=O) groups is 1. The van der Waals surface area contributed by atoms with E-state index in [4.69, 9.17) is 16.0 Å². The van der Waals surface area contributed by atoms with Gasteiger partial charge >= 0.3 is 0 Å². The summed E-state index contributed by atoms with van der Waals surface area (Å²) in [6, 6.07) is 16.3. The molecule has 134 valence electrons. The van der Waals surface area contributed by atoms with E-state index < -0.39 is 15.1 Å². The lowest BCUT2D eigenvalue weighted by atomic mass is 10.1. The van der Waals surface area contributed by atoms with Crippen molar-refractivity contribution >= 4 is 27.2 Å². The van der Waals surface area contributed by atoms with Crippen molar-refractivity contribution in [3.8, 4) is 0 Å². The fraction of sp³-hybridized carbons (Fsp3) is 0.150. The van der Waals surface area contributed by atoms with Crippen molar-refractivity contribution in [2.75, 3.05) is 0 Å². The molecule has 0 amide bonds. The Morgan fingerprint density at radius 1 is 1.04 bits per heavy atom. The molecule has 3 aromatic rings. The van der Waals surface area contributed by atoms with E-state index >= 15 is 0 Å². The summed E-state index contributed by atoms with van der Waals surface area (Å²) in [5.41, 5.74) is 0.943. The number of carbonyl (C=O) groups excluding carboxylic acids is 1. The summed E-state index contributed by atoms with van der Waals surface area (Å²) in [4.78, 5) is 11.9. The van der Waals surface area contributed by atoms with Crippen molar-refractivity contribution in [3.05, 3.63) is 88.3 Å². The van der Waals surface area contributed by atoms with E-state index in [2.05, 4.69) is 0 Å². The Kier molecular flexibility index (Phi) is 5.03. The van der Waals surface area contributed by atoms with Gasteiger partial charge in [0, 0.05) is 5.02 Å². The highest BCUT2D eigenvalue weighted by atomic mass is 35.5. The SMILES string of the molecule is CC(=O)c1cc(C(c2ccccc2)S(=O)(=O)c2ccc(Cl)cc2)oc1C. The minimum absolute atomic E-state index is 0.134. The van der Waals surface area contributed by atoms with Crippen LogP contribution >= 0.6 is 11.6 Å². The van der Waals surface area contributed by atoms with Crippen molar-refractivity contribution < 1.29 is 17.6 Å². The number of hydrogen-bond donors (Lipinski definition) is 0. The van der Waals surface area contributed by atoms with Crippen LogP contribution < -0.4 is 0 Å². The van der Waals surface area contributed by atoms with Crippen molar-refractivity contribution in [1.29, 1.82) is 0 Å². The third-order valence-corrected chi connectivity index (χ3v) is 6.44. The van der Waals surface area contributed by atoms with Gasteiger partial charge in [-0.2, -0.15) is 0 Å². The molecule has 26 heavy (non-hydrogen) atoms. The molecule has 1 heterocycles. The molecule has 0 aliphatic carbocycles. The second-order valence-corrected chi connectivity index (χ2v) is 8.43. The average molecular weight is 389 g/mol. The molecule has 4 nitrogen and oxygen atoms in total. The van der Waals surface area contributed by atoms with E-state index in [1.807, 2.05) is 6.07 Å². The number of hydrogen-bond acceptors (Lipinski definition) is 4. The molecule has 1 aromatic heterocycles. The van der Waals surface area contributed by atoms with Gasteiger partial charge in [-0.25, -0.2) is 8.42 Å². The second kappa shape index (κ2) is 7.09. The van der Waals surface area contributed by atoms with Crippen molar-refractivity contribution in [3.63, 3.8) is 0 Å². The smallest absolute Gasteiger partial charge is 0.192 e. The Morgan fingerprint density at radius 3 is 2.19 bits per heavy atom. The molecule has 0 radical (unpaired) electrons. The van der Waals surface area contributed by atoms with Gasteiger partial charge in [0.1, 0.15) is 16.8 Å². The monoisotopic (exact) mass is 388 g/mol. The predicted molar refractivity (Wildman–Crippen MR) is 100 cm³/mol. The highest BCUT2D eigenvalue weighted by Gasteiger charge is 2.34. The fourth-order valence-corrected chi connectivity index (χ4v) is 4.72. The third-order valence-electron chi connectivity index (χ3n) is 4.13. The van der Waals surface area contributed by atoms with Crippen molar-refractivity contribution in [2.24, 2.45) is 0 Å². The molecule has 0 saturated heterocycles. The number of benzene rings is 2. The summed E-state index contributed by atoms with van der Waals surface area (Å²) in [6.07, 6.45) is 0. The quantitative estimate of drug-likeness (QED) is 0.576. The molecule has 3 rings (SSSR count). The highest BCUT2D eigenvalue weighted by molar-refractivity contribution is 7.91. The van der Waals surface area contributed by atoms with Crippen LogP contribution in [0.5, 0.6) is 0 Å². The van der Waals surface area contributed by atoms with Crippen LogP contribution in [0, 0.1) is 6.92 Å². The van der Waals surface area contributed by atoms with Gasteiger partial charge in [-0.3, -0.25) is 4.79 Å². The van der Waals surface area contributed by atoms with Gasteiger partial charge in [0.2, 0.25) is 0 Å². The standard InChI is InChI=1S/C20H17ClO4S/c1-13(22)18-12-19(25-14(18)2)20(15-6-4-3-5-7-15)26(23,24)17-10-8-16(21)9-11-17/h3-12,20H,1-2H3. The number of ketones is 1. The van der Waals surface area contributed by atoms with E-state index in [0.717, 1.165) is 0 Å². The number of aryl methyl sites for hydroxylation is 1. The molecular weight excluding hydrogens is 372 g/mol. The van der Waals surface area contributed by atoms with Gasteiger partial charge in [0.05, 0.1) is 10.5 Å². The Bertz CT molecular complexity index is 1040. The third kappa shape index (κ3) is 3.45. The molecule has 0 saturated carbocycles. The van der Waals surface area contributed by atoms with Gasteiger partial charge < -0.3 is 4.42 Å². The van der Waals surface area contributed by atoms with Crippen LogP contribution in [0.25, 0.3) is 0 Å². The zero-order valence-electron chi connectivity index (χ0n) is 14.3. The first kappa shape index (κ1) is 18.4. The van der Waals surface area contributed by atoms with E-state index in [1.54, 1.807) is 31.2 Å². The molecule has 6 heteroatoms. The van der Waals surface area contributed by atoms with Gasteiger partial charge in [-0.05, 0) is 49.7 Å². The Hall–Kier alpha value is -2.37. The summed E-state index contributed by atoms with van der Waals surface area (Å²) in [5, 5.41) is -0.607. The van der Waals surface area contributed by atoms with Crippen molar-refractivity contribution in [2.45, 2.75) is 24.0 Å². The fourth-order valence-electron chi connectivity index (χ4n) is 2.87. The second-order valence-electron chi connectivity index (χ2n) is 5.96. The Balaban J connectivity index is 2.21. The number of rotatable bonds is 5. The molecule has 0 aliphatic rings. The van der Waals surface area contributed by atoms with Crippen LogP contribution in [-0.2, 0) is 9.84 Å². The summed E-state index contributed by atoms with van der Waals surface area (Å²) in [5.74, 6) is 0.446. The molecule has 2 aromatic carbocycles. The van der Waals surface area contributed by atoms with E-state index in [0.29, 0.717) is 21.9 Å². The molecule has 0 spiro atoms. The zero-order valence-corrected chi connectivity index (χ0v) is 15.8. The molecular formula is C20H17ClO4S. The maximum absolute atomic E-state index is 13.3. The predicted octanol–water partition coefficient (Wildman–Crippen LogP) is 5.01. The summed E-state index contributed by atoms with van der Waals surface area (Å²) in [7, 11) is -3.82. The first-order valence-corrected chi connectivity index (χ1v) is 9.89. The summed E-state index contributed by atoms with van der Waals surface area (Å²) in [6.45, 7) is 3.07. The van der Waals surface area contributed by atoms with E-state index in [9.17, 15) is 13.2 Å². The lowest BCUT2D eigenvalue weighted by Crippen LogP contribution is -2.14. The maximum Gasteiger partial charge on any atom is 0.192 e. The number of halogens is 1. The maximum atomic E-state index is 13.3. The molecule has 0 fully saturated rings. The van der Waals surface area contributed by atoms with Crippen molar-refractivity contribution in [1.82, 2.24) is 0 Å². The average Bonchev–Trinajstić information content (AvgIpc) is 2.97. The molecule has 0 aliphatic heterocycles. The lowest BCUT2D eigenvalue weighted by molar-refractivity contribution is 0.101. The van der Waals surface area contributed by atoms with Crippen LogP contribution in [0.4, 0.5) is 0 Å². The van der Waals surface area contributed by atoms with Crippen LogP contribution in [0.15, 0.2) is 70.0 Å². The topological polar surface area (TPSA) is 64.3 Å². The van der Waals surface area contributed by atoms with Crippen LogP contribution in [0.1, 0.15) is 39.6 Å². The lowest BCUT2D eigenvalue weighted by Gasteiger charge is -2.16. The van der Waals surface area contributed by atoms with Gasteiger partial charge in [-0.15, -0.1) is 0 Å². The Morgan fingerprint density at radius 2 is 1.65 bits per heavy atom. The van der Waals surface area contributed by atoms with Crippen LogP contribution in [0.2, 0.25) is 5.02 Å². The normalized spacial score (nSPS) is 12.7. The van der Waals surface area contributed by atoms with Crippen LogP contribution in [-0.4, -0.2) is 14.2 Å². The number of sulfone groups is 1. The van der Waals surface area contributed by atoms with Gasteiger partial charge in [0.25, 0.3) is 0 Å². The molecule has 0 bridgehead atoms. The summed E-state index contributed by atoms with van der Waals surface area (Å²) < 4.78 is 32.4. The van der Waals surface area contributed by atoms with Gasteiger partial charge in [0.15, 0.2) is 15.6 Å². The zero-order chi connectivity index (χ0) is 18.9. The number of Topliss-reactive ketones (excluding diaryl/α,β-unsaturated/α-hetero) is 1. The van der Waals surface area contributed by atoms with Gasteiger partial charge in [-0.1, -0.05) is 41.9 Å². The van der Waals surface area contributed by atoms with E-state index in [1.165, 1.54) is 37.3 Å². The largest absolute Gasteiger partial charge is 0.464 e. The van der Waals surface area contributed by atoms with E-state index in [-0.39, 0.29) is 16.4 Å². The first-order valence-electron chi connectivity index (χ1n) is 7.96. The molecule has 1 atom stereocenters. The first-order chi connectivity index (χ1) is 12.3. The summed E-state index contributed by atoms with van der Waals surface area (Å²) >= 11 is 5.88. The molecule has 1 unspecified atom stereocenters. The van der Waals surface area contributed by atoms with Crippen LogP contribution in [0.3, 0.4) is 0 Å². The number of furan rings is 1.